The molecule has 2 amide bonds. The molecule has 7 heteroatoms. The minimum atomic E-state index is -0.210. The van der Waals surface area contributed by atoms with Gasteiger partial charge in [-0.25, -0.2) is 0 Å². The van der Waals surface area contributed by atoms with Crippen LogP contribution in [0.5, 0.6) is 0 Å². The molecule has 0 spiro atoms. The third-order valence-electron chi connectivity index (χ3n) is 6.01. The van der Waals surface area contributed by atoms with Gasteiger partial charge in [-0.2, -0.15) is 0 Å². The minimum absolute atomic E-state index is 0.0126. The van der Waals surface area contributed by atoms with Crippen molar-refractivity contribution >= 4 is 29.1 Å². The number of aryl methyl sites for hydroxylation is 1. The molecule has 178 valence electrons. The van der Waals surface area contributed by atoms with Gasteiger partial charge in [-0.3, -0.25) is 19.5 Å². The largest absolute Gasteiger partial charge is 0.337 e. The average molecular weight is 471 g/mol. The molecule has 1 N–H and O–H groups in total. The lowest BCUT2D eigenvalue weighted by Crippen LogP contribution is -2.54. The van der Waals surface area contributed by atoms with Gasteiger partial charge in [0, 0.05) is 61.2 Å². The quantitative estimate of drug-likeness (QED) is 0.662. The summed E-state index contributed by atoms with van der Waals surface area (Å²) in [6.45, 7) is 15.3. The van der Waals surface area contributed by atoms with Gasteiger partial charge in [-0.05, 0) is 61.6 Å². The Balaban J connectivity index is 1.68. The lowest BCUT2D eigenvalue weighted by molar-refractivity contribution is -0.137. The molecule has 2 aromatic rings. The van der Waals surface area contributed by atoms with Crippen LogP contribution in [0.3, 0.4) is 0 Å². The van der Waals surface area contributed by atoms with Crippen LogP contribution >= 0.6 is 11.6 Å². The van der Waals surface area contributed by atoms with Gasteiger partial charge >= 0.3 is 0 Å². The maximum atomic E-state index is 12.7. The fraction of sp³-hybridized carbons (Fsp3) is 0.500. The van der Waals surface area contributed by atoms with Crippen LogP contribution in [-0.2, 0) is 11.3 Å². The van der Waals surface area contributed by atoms with Crippen molar-refractivity contribution in [3.63, 3.8) is 0 Å². The molecule has 1 aromatic heterocycles. The zero-order valence-electron chi connectivity index (χ0n) is 20.5. The molecule has 1 atom stereocenters. The first-order valence-corrected chi connectivity index (χ1v) is 11.9. The molecule has 0 unspecified atom stereocenters. The summed E-state index contributed by atoms with van der Waals surface area (Å²) in [4.78, 5) is 34.0. The fourth-order valence-corrected chi connectivity index (χ4v) is 4.41. The van der Waals surface area contributed by atoms with E-state index in [2.05, 4.69) is 42.9 Å². The summed E-state index contributed by atoms with van der Waals surface area (Å²) in [6, 6.07) is 7.48. The number of nitrogens with one attached hydrogen (secondary N) is 1. The maximum Gasteiger partial charge on any atom is 0.257 e. The van der Waals surface area contributed by atoms with E-state index in [1.807, 2.05) is 30.9 Å². The first kappa shape index (κ1) is 25.2. The molecular weight excluding hydrogens is 436 g/mol. The van der Waals surface area contributed by atoms with Crippen LogP contribution in [0.2, 0.25) is 5.02 Å². The van der Waals surface area contributed by atoms with Crippen LogP contribution in [-0.4, -0.2) is 52.3 Å². The first-order valence-electron chi connectivity index (χ1n) is 11.5. The highest BCUT2D eigenvalue weighted by Gasteiger charge is 2.30. The van der Waals surface area contributed by atoms with Crippen molar-refractivity contribution in [3.8, 4) is 0 Å². The van der Waals surface area contributed by atoms with Gasteiger partial charge < -0.3 is 10.2 Å². The van der Waals surface area contributed by atoms with Crippen LogP contribution in [0.15, 0.2) is 30.5 Å². The van der Waals surface area contributed by atoms with Crippen molar-refractivity contribution in [1.82, 2.24) is 14.8 Å². The topological polar surface area (TPSA) is 65.5 Å². The summed E-state index contributed by atoms with van der Waals surface area (Å²) in [5, 5.41) is 3.57. The molecule has 0 saturated carbocycles. The summed E-state index contributed by atoms with van der Waals surface area (Å²) in [6.07, 6.45) is 2.14. The van der Waals surface area contributed by atoms with Gasteiger partial charge in [-0.1, -0.05) is 32.4 Å². The maximum absolute atomic E-state index is 12.7. The van der Waals surface area contributed by atoms with Crippen LogP contribution in [0.4, 0.5) is 5.69 Å². The summed E-state index contributed by atoms with van der Waals surface area (Å²) in [5.74, 6) is 0.0163. The Bertz CT molecular complexity index is 1010. The number of benzene rings is 1. The Kier molecular flexibility index (Phi) is 7.80. The monoisotopic (exact) mass is 470 g/mol. The van der Waals surface area contributed by atoms with Crippen molar-refractivity contribution in [2.45, 2.75) is 60.5 Å². The Morgan fingerprint density at radius 2 is 1.91 bits per heavy atom. The second kappa shape index (κ2) is 10.2. The van der Waals surface area contributed by atoms with Gasteiger partial charge in [0.15, 0.2) is 0 Å². The Hall–Kier alpha value is -2.44. The zero-order valence-corrected chi connectivity index (χ0v) is 21.3. The third-order valence-corrected chi connectivity index (χ3v) is 6.23. The first-order chi connectivity index (χ1) is 15.4. The van der Waals surface area contributed by atoms with Crippen LogP contribution < -0.4 is 5.32 Å². The number of amides is 2. The number of hydrogen-bond donors (Lipinski definition) is 1. The Morgan fingerprint density at radius 1 is 1.18 bits per heavy atom. The van der Waals surface area contributed by atoms with Crippen molar-refractivity contribution in [2.75, 3.05) is 25.0 Å². The van der Waals surface area contributed by atoms with Crippen molar-refractivity contribution < 1.29 is 9.59 Å². The molecule has 0 radical (unpaired) electrons. The summed E-state index contributed by atoms with van der Waals surface area (Å²) < 4.78 is 0. The Labute approximate surface area is 202 Å². The van der Waals surface area contributed by atoms with E-state index in [4.69, 9.17) is 11.6 Å². The molecule has 0 bridgehead atoms. The lowest BCUT2D eigenvalue weighted by atomic mass is 9.91. The third kappa shape index (κ3) is 6.78. The summed E-state index contributed by atoms with van der Waals surface area (Å²) >= 11 is 6.41. The number of pyridine rings is 1. The minimum Gasteiger partial charge on any atom is -0.337 e. The predicted molar refractivity (Wildman–Crippen MR) is 134 cm³/mol. The van der Waals surface area contributed by atoms with Crippen molar-refractivity contribution in [3.05, 3.63) is 57.9 Å². The van der Waals surface area contributed by atoms with Crippen molar-refractivity contribution in [1.29, 1.82) is 0 Å². The number of piperazine rings is 1. The molecule has 1 fully saturated rings. The van der Waals surface area contributed by atoms with E-state index in [1.165, 1.54) is 0 Å². The molecule has 1 aliphatic heterocycles. The van der Waals surface area contributed by atoms with Gasteiger partial charge in [0.2, 0.25) is 5.91 Å². The molecule has 1 aromatic carbocycles. The van der Waals surface area contributed by atoms with Crippen LogP contribution in [0, 0.1) is 19.3 Å². The van der Waals surface area contributed by atoms with E-state index in [0.29, 0.717) is 29.2 Å². The number of carbonyl (C=O) groups excluding carboxylic acids is 2. The zero-order chi connectivity index (χ0) is 24.3. The van der Waals surface area contributed by atoms with Crippen molar-refractivity contribution in [2.24, 2.45) is 5.41 Å². The Morgan fingerprint density at radius 3 is 2.52 bits per heavy atom. The number of nitrogens with zero attached hydrogens (tertiary/aromatic N) is 3. The standard InChI is InChI=1S/C26H35ClN4O2/c1-17-7-8-20(14-28-17)25(33)29-23-12-22(27)11-21(19(23)3)16-30-9-10-31(18(2)15-30)24(32)13-26(4,5)6/h7-8,11-12,14,18H,9-10,13,15-16H2,1-6H3,(H,29,33)/t18-/m0/s1. The molecular formula is C26H35ClN4O2. The van der Waals surface area contributed by atoms with Gasteiger partial charge in [0.05, 0.1) is 5.56 Å². The highest BCUT2D eigenvalue weighted by Crippen LogP contribution is 2.28. The molecule has 3 rings (SSSR count). The molecule has 0 aliphatic carbocycles. The SMILES string of the molecule is Cc1ccc(C(=O)Nc2cc(Cl)cc(CN3CCN(C(=O)CC(C)(C)C)[C@@H](C)C3)c2C)cn1. The average Bonchev–Trinajstić information content (AvgIpc) is 2.70. The van der Waals surface area contributed by atoms with Gasteiger partial charge in [-0.15, -0.1) is 0 Å². The van der Waals surface area contributed by atoms with E-state index in [9.17, 15) is 9.59 Å². The van der Waals surface area contributed by atoms with E-state index in [0.717, 1.165) is 36.5 Å². The number of carbonyl (C=O) groups is 2. The molecule has 1 saturated heterocycles. The normalized spacial score (nSPS) is 17.2. The van der Waals surface area contributed by atoms with Gasteiger partial charge in [0.1, 0.15) is 0 Å². The second-order valence-corrected chi connectivity index (χ2v) is 10.7. The highest BCUT2D eigenvalue weighted by molar-refractivity contribution is 6.31. The fourth-order valence-electron chi connectivity index (χ4n) is 4.17. The number of aromatic nitrogens is 1. The number of anilines is 1. The van der Waals surface area contributed by atoms with E-state index in [-0.39, 0.29) is 23.3 Å². The lowest BCUT2D eigenvalue weighted by Gasteiger charge is -2.41. The van der Waals surface area contributed by atoms with Crippen LogP contribution in [0.1, 0.15) is 61.3 Å². The van der Waals surface area contributed by atoms with E-state index >= 15 is 0 Å². The molecule has 1 aliphatic rings. The number of hydrogen-bond acceptors (Lipinski definition) is 4. The predicted octanol–water partition coefficient (Wildman–Crippen LogP) is 5.07. The number of halogens is 1. The van der Waals surface area contributed by atoms with Gasteiger partial charge in [0.25, 0.3) is 5.91 Å². The second-order valence-electron chi connectivity index (χ2n) is 10.3. The van der Waals surface area contributed by atoms with E-state index in [1.54, 1.807) is 18.3 Å². The van der Waals surface area contributed by atoms with E-state index < -0.39 is 0 Å². The molecule has 2 heterocycles. The molecule has 33 heavy (non-hydrogen) atoms. The summed E-state index contributed by atoms with van der Waals surface area (Å²) in [5.41, 5.74) is 4.12. The summed E-state index contributed by atoms with van der Waals surface area (Å²) in [7, 11) is 0. The number of rotatable bonds is 5. The smallest absolute Gasteiger partial charge is 0.257 e. The highest BCUT2D eigenvalue weighted by atomic mass is 35.5. The van der Waals surface area contributed by atoms with Crippen LogP contribution in [0.25, 0.3) is 0 Å². The molecule has 6 nitrogen and oxygen atoms in total.